The fraction of sp³-hybridized carbons (Fsp3) is 0. The van der Waals surface area contributed by atoms with Crippen LogP contribution in [0.5, 0.6) is 0 Å². The molecule has 2 heterocycles. The molecule has 0 fully saturated rings. The molecule has 10 rings (SSSR count). The molecule has 2 aromatic heterocycles. The topological polar surface area (TPSA) is 51.8 Å². The van der Waals surface area contributed by atoms with E-state index in [9.17, 15) is 0 Å². The van der Waals surface area contributed by atoms with Crippen LogP contribution in [0.4, 0.5) is 0 Å². The van der Waals surface area contributed by atoms with Gasteiger partial charge in [0.15, 0.2) is 17.5 Å². The minimum atomic E-state index is 0.643. The van der Waals surface area contributed by atoms with Gasteiger partial charge in [0.2, 0.25) is 0 Å². The maximum absolute atomic E-state index is 6.36. The molecule has 49 heavy (non-hydrogen) atoms. The van der Waals surface area contributed by atoms with Gasteiger partial charge in [-0.1, -0.05) is 133 Å². The van der Waals surface area contributed by atoms with E-state index in [0.29, 0.717) is 17.5 Å². The first-order valence-corrected chi connectivity index (χ1v) is 16.4. The third kappa shape index (κ3) is 4.65. The molecule has 10 aromatic rings. The second-order valence-corrected chi connectivity index (χ2v) is 12.5. The van der Waals surface area contributed by atoms with Crippen molar-refractivity contribution in [3.63, 3.8) is 0 Å². The van der Waals surface area contributed by atoms with E-state index in [0.717, 1.165) is 71.3 Å². The van der Waals surface area contributed by atoms with Crippen molar-refractivity contribution in [2.45, 2.75) is 0 Å². The Kier molecular flexibility index (Phi) is 6.15. The van der Waals surface area contributed by atoms with Gasteiger partial charge in [0.05, 0.1) is 0 Å². The molecule has 0 amide bonds. The first kappa shape index (κ1) is 27.5. The number of nitrogens with zero attached hydrogens (tertiary/aromatic N) is 3. The molecule has 0 N–H and O–H groups in total. The van der Waals surface area contributed by atoms with Gasteiger partial charge in [0.1, 0.15) is 11.2 Å². The highest BCUT2D eigenvalue weighted by molar-refractivity contribution is 6.16. The predicted molar refractivity (Wildman–Crippen MR) is 201 cm³/mol. The summed E-state index contributed by atoms with van der Waals surface area (Å²) in [5, 5.41) is 9.17. The van der Waals surface area contributed by atoms with Gasteiger partial charge >= 0.3 is 0 Å². The molecular formula is C45H27N3O. The quantitative estimate of drug-likeness (QED) is 0.195. The van der Waals surface area contributed by atoms with Crippen LogP contribution in [-0.2, 0) is 0 Å². The lowest BCUT2D eigenvalue weighted by Gasteiger charge is -2.11. The average Bonchev–Trinajstić information content (AvgIpc) is 3.54. The number of aromatic nitrogens is 3. The van der Waals surface area contributed by atoms with E-state index in [1.165, 1.54) is 10.8 Å². The molecule has 0 atom stereocenters. The maximum atomic E-state index is 6.36. The highest BCUT2D eigenvalue weighted by Gasteiger charge is 2.16. The molecule has 0 aliphatic heterocycles. The number of furan rings is 1. The Morgan fingerprint density at radius 3 is 1.76 bits per heavy atom. The SMILES string of the molecule is c1ccc(-c2nc(-c3ccc4cc(-c5cccc6oc7cc8ccccc8cc7c56)ccc4c3)nc(-c3cccc4ccccc34)n2)cc1. The van der Waals surface area contributed by atoms with Crippen molar-refractivity contribution in [1.82, 2.24) is 15.0 Å². The van der Waals surface area contributed by atoms with Crippen molar-refractivity contribution in [2.75, 3.05) is 0 Å². The third-order valence-corrected chi connectivity index (χ3v) is 9.47. The Labute approximate surface area is 282 Å². The molecule has 8 aromatic carbocycles. The van der Waals surface area contributed by atoms with Gasteiger partial charge in [-0.05, 0) is 73.8 Å². The lowest BCUT2D eigenvalue weighted by atomic mass is 9.96. The fourth-order valence-electron chi connectivity index (χ4n) is 7.07. The molecule has 228 valence electrons. The Balaban J connectivity index is 1.10. The van der Waals surface area contributed by atoms with Crippen LogP contribution in [0.2, 0.25) is 0 Å². The zero-order chi connectivity index (χ0) is 32.3. The summed E-state index contributed by atoms with van der Waals surface area (Å²) in [5.41, 5.74) is 6.97. The van der Waals surface area contributed by atoms with E-state index in [1.807, 2.05) is 30.3 Å². The number of fused-ring (bicyclic) bond motifs is 6. The van der Waals surface area contributed by atoms with Gasteiger partial charge in [-0.3, -0.25) is 0 Å². The largest absolute Gasteiger partial charge is 0.456 e. The minimum Gasteiger partial charge on any atom is -0.456 e. The van der Waals surface area contributed by atoms with Crippen molar-refractivity contribution in [3.05, 3.63) is 164 Å². The van der Waals surface area contributed by atoms with Crippen LogP contribution >= 0.6 is 0 Å². The number of rotatable bonds is 4. The van der Waals surface area contributed by atoms with Crippen LogP contribution in [0, 0.1) is 0 Å². The Morgan fingerprint density at radius 2 is 0.918 bits per heavy atom. The summed E-state index contributed by atoms with van der Waals surface area (Å²) < 4.78 is 6.36. The normalized spacial score (nSPS) is 11.7. The zero-order valence-electron chi connectivity index (χ0n) is 26.3. The van der Waals surface area contributed by atoms with Crippen LogP contribution in [0.15, 0.2) is 168 Å². The summed E-state index contributed by atoms with van der Waals surface area (Å²) in [6.45, 7) is 0. The molecule has 4 nitrogen and oxygen atoms in total. The lowest BCUT2D eigenvalue weighted by molar-refractivity contribution is 0.669. The second-order valence-electron chi connectivity index (χ2n) is 12.5. The number of hydrogen-bond acceptors (Lipinski definition) is 4. The van der Waals surface area contributed by atoms with Gasteiger partial charge in [0.25, 0.3) is 0 Å². The van der Waals surface area contributed by atoms with Crippen LogP contribution in [0.25, 0.3) is 99.5 Å². The van der Waals surface area contributed by atoms with Gasteiger partial charge < -0.3 is 4.42 Å². The monoisotopic (exact) mass is 625 g/mol. The molecule has 0 aliphatic carbocycles. The first-order chi connectivity index (χ1) is 24.2. The van der Waals surface area contributed by atoms with Gasteiger partial charge in [0, 0.05) is 27.5 Å². The van der Waals surface area contributed by atoms with Crippen LogP contribution in [0.1, 0.15) is 0 Å². The van der Waals surface area contributed by atoms with Crippen molar-refractivity contribution in [2.24, 2.45) is 0 Å². The highest BCUT2D eigenvalue weighted by atomic mass is 16.3. The van der Waals surface area contributed by atoms with Crippen LogP contribution in [-0.4, -0.2) is 15.0 Å². The van der Waals surface area contributed by atoms with Gasteiger partial charge in [-0.2, -0.15) is 0 Å². The Bertz CT molecular complexity index is 2890. The third-order valence-electron chi connectivity index (χ3n) is 9.47. The molecule has 0 unspecified atom stereocenters. The summed E-state index contributed by atoms with van der Waals surface area (Å²) in [4.78, 5) is 15.1. The fourth-order valence-corrected chi connectivity index (χ4v) is 7.07. The van der Waals surface area contributed by atoms with Crippen LogP contribution in [0.3, 0.4) is 0 Å². The number of benzene rings is 8. The van der Waals surface area contributed by atoms with E-state index >= 15 is 0 Å². The summed E-state index contributed by atoms with van der Waals surface area (Å²) in [6.07, 6.45) is 0. The average molecular weight is 626 g/mol. The molecular weight excluding hydrogens is 599 g/mol. The summed E-state index contributed by atoms with van der Waals surface area (Å²) >= 11 is 0. The maximum Gasteiger partial charge on any atom is 0.164 e. The predicted octanol–water partition coefficient (Wildman–Crippen LogP) is 11.9. The molecule has 0 spiro atoms. The van der Waals surface area contributed by atoms with Crippen molar-refractivity contribution < 1.29 is 4.42 Å². The molecule has 0 saturated carbocycles. The molecule has 0 radical (unpaired) electrons. The van der Waals surface area contributed by atoms with E-state index in [-0.39, 0.29) is 0 Å². The lowest BCUT2D eigenvalue weighted by Crippen LogP contribution is -2.00. The van der Waals surface area contributed by atoms with E-state index < -0.39 is 0 Å². The Morgan fingerprint density at radius 1 is 0.327 bits per heavy atom. The van der Waals surface area contributed by atoms with Crippen molar-refractivity contribution in [1.29, 1.82) is 0 Å². The van der Waals surface area contributed by atoms with E-state index in [1.54, 1.807) is 0 Å². The Hall–Kier alpha value is -6.65. The summed E-state index contributed by atoms with van der Waals surface area (Å²) in [7, 11) is 0. The minimum absolute atomic E-state index is 0.643. The summed E-state index contributed by atoms with van der Waals surface area (Å²) in [5.74, 6) is 1.95. The van der Waals surface area contributed by atoms with Crippen molar-refractivity contribution >= 4 is 54.3 Å². The second kappa shape index (κ2) is 11.0. The zero-order valence-corrected chi connectivity index (χ0v) is 26.3. The smallest absolute Gasteiger partial charge is 0.164 e. The first-order valence-electron chi connectivity index (χ1n) is 16.4. The van der Waals surface area contributed by atoms with Gasteiger partial charge in [-0.15, -0.1) is 0 Å². The van der Waals surface area contributed by atoms with E-state index in [4.69, 9.17) is 19.4 Å². The van der Waals surface area contributed by atoms with Crippen molar-refractivity contribution in [3.8, 4) is 45.3 Å². The number of hydrogen-bond donors (Lipinski definition) is 0. The van der Waals surface area contributed by atoms with E-state index in [2.05, 4.69) is 133 Å². The standard InChI is InChI=1S/C45H27N3O/c1-2-11-29(12-3-1)43-46-44(48-45(47-43)38-18-8-15-28-10-6-7-16-36(28)38)35-23-21-32-24-34(22-20-33(32)25-35)37-17-9-19-40-42(37)39-26-30-13-4-5-14-31(30)27-41(39)49-40/h1-27H. The molecule has 0 aliphatic rings. The molecule has 0 bridgehead atoms. The molecule has 0 saturated heterocycles. The molecule has 4 heteroatoms. The van der Waals surface area contributed by atoms with Gasteiger partial charge in [-0.25, -0.2) is 15.0 Å². The van der Waals surface area contributed by atoms with Crippen LogP contribution < -0.4 is 0 Å². The highest BCUT2D eigenvalue weighted by Crippen LogP contribution is 2.39. The summed E-state index contributed by atoms with van der Waals surface area (Å²) in [6, 6.07) is 57.0.